The van der Waals surface area contributed by atoms with E-state index in [-0.39, 0.29) is 5.92 Å². The number of piperidine rings is 1. The highest BCUT2D eigenvalue weighted by atomic mass is 16.2. The van der Waals surface area contributed by atoms with Gasteiger partial charge in [-0.05, 0) is 32.2 Å². The van der Waals surface area contributed by atoms with Crippen LogP contribution in [0.2, 0.25) is 0 Å². The van der Waals surface area contributed by atoms with Crippen LogP contribution in [-0.2, 0) is 4.79 Å². The van der Waals surface area contributed by atoms with Gasteiger partial charge in [0.25, 0.3) is 0 Å². The second-order valence-corrected chi connectivity index (χ2v) is 6.55. The Morgan fingerprint density at radius 2 is 1.95 bits per heavy atom. The van der Waals surface area contributed by atoms with E-state index in [1.807, 2.05) is 7.05 Å². The van der Waals surface area contributed by atoms with Crippen molar-refractivity contribution in [2.75, 3.05) is 20.1 Å². The van der Waals surface area contributed by atoms with E-state index in [1.54, 1.807) is 0 Å². The third-order valence-corrected chi connectivity index (χ3v) is 4.97. The quantitative estimate of drug-likeness (QED) is 0.848. The van der Waals surface area contributed by atoms with Gasteiger partial charge in [-0.2, -0.15) is 0 Å². The molecule has 2 rings (SSSR count). The normalized spacial score (nSPS) is 27.3. The maximum atomic E-state index is 12.5. The first-order valence-electron chi connectivity index (χ1n) is 8.16. The second kappa shape index (κ2) is 7.28. The predicted octanol–water partition coefficient (Wildman–Crippen LogP) is 2.80. The van der Waals surface area contributed by atoms with Crippen molar-refractivity contribution in [2.45, 2.75) is 64.3 Å². The summed E-state index contributed by atoms with van der Waals surface area (Å²) in [7, 11) is 2.00. The van der Waals surface area contributed by atoms with Crippen molar-refractivity contribution in [1.29, 1.82) is 0 Å². The molecule has 1 saturated heterocycles. The van der Waals surface area contributed by atoms with Crippen LogP contribution in [-0.4, -0.2) is 37.0 Å². The average Bonchev–Trinajstić information content (AvgIpc) is 2.47. The molecule has 0 aromatic carbocycles. The van der Waals surface area contributed by atoms with E-state index < -0.39 is 0 Å². The number of carbonyl (C=O) groups is 1. The summed E-state index contributed by atoms with van der Waals surface area (Å²) < 4.78 is 0. The minimum Gasteiger partial charge on any atom is -0.341 e. The lowest BCUT2D eigenvalue weighted by Gasteiger charge is -2.35. The van der Waals surface area contributed by atoms with Crippen LogP contribution < -0.4 is 5.32 Å². The first-order chi connectivity index (χ1) is 9.20. The van der Waals surface area contributed by atoms with Gasteiger partial charge in [0.2, 0.25) is 5.91 Å². The lowest BCUT2D eigenvalue weighted by atomic mass is 9.83. The zero-order valence-corrected chi connectivity index (χ0v) is 12.7. The van der Waals surface area contributed by atoms with E-state index in [4.69, 9.17) is 0 Å². The molecule has 1 amide bonds. The van der Waals surface area contributed by atoms with Crippen LogP contribution in [0.15, 0.2) is 0 Å². The fourth-order valence-corrected chi connectivity index (χ4v) is 3.75. The summed E-state index contributed by atoms with van der Waals surface area (Å²) in [5.74, 6) is 1.42. The van der Waals surface area contributed by atoms with Gasteiger partial charge in [-0.1, -0.05) is 39.0 Å². The Morgan fingerprint density at radius 3 is 2.63 bits per heavy atom. The molecule has 2 unspecified atom stereocenters. The summed E-state index contributed by atoms with van der Waals surface area (Å²) in [4.78, 5) is 14.6. The van der Waals surface area contributed by atoms with E-state index in [0.29, 0.717) is 11.9 Å². The molecule has 1 N–H and O–H groups in total. The largest absolute Gasteiger partial charge is 0.341 e. The van der Waals surface area contributed by atoms with Gasteiger partial charge >= 0.3 is 0 Å². The summed E-state index contributed by atoms with van der Waals surface area (Å²) in [5, 5.41) is 3.32. The zero-order chi connectivity index (χ0) is 13.7. The molecule has 19 heavy (non-hydrogen) atoms. The van der Waals surface area contributed by atoms with Crippen molar-refractivity contribution in [3.63, 3.8) is 0 Å². The van der Waals surface area contributed by atoms with Gasteiger partial charge in [0.05, 0.1) is 0 Å². The standard InChI is InChI=1S/C16H30N2O/c1-13(11-14-7-4-3-5-8-14)16(19)18-10-6-9-15(12-18)17-2/h13-15,17H,3-12H2,1-2H3. The number of amides is 1. The molecule has 1 saturated carbocycles. The van der Waals surface area contributed by atoms with E-state index >= 15 is 0 Å². The van der Waals surface area contributed by atoms with Crippen LogP contribution in [0.4, 0.5) is 0 Å². The molecule has 2 aliphatic rings. The summed E-state index contributed by atoms with van der Waals surface area (Å²) in [6.07, 6.45) is 10.3. The molecule has 1 aliphatic heterocycles. The molecular formula is C16H30N2O. The van der Waals surface area contributed by atoms with Crippen LogP contribution in [0.5, 0.6) is 0 Å². The molecule has 2 fully saturated rings. The minimum absolute atomic E-state index is 0.221. The number of hydrogen-bond donors (Lipinski definition) is 1. The third-order valence-electron chi connectivity index (χ3n) is 4.97. The van der Waals surface area contributed by atoms with Crippen LogP contribution in [0.25, 0.3) is 0 Å². The highest BCUT2D eigenvalue weighted by Gasteiger charge is 2.27. The Morgan fingerprint density at radius 1 is 1.21 bits per heavy atom. The predicted molar refractivity (Wildman–Crippen MR) is 79.0 cm³/mol. The van der Waals surface area contributed by atoms with Crippen LogP contribution in [0, 0.1) is 11.8 Å². The molecule has 0 radical (unpaired) electrons. The van der Waals surface area contributed by atoms with Gasteiger partial charge in [-0.15, -0.1) is 0 Å². The number of nitrogens with one attached hydrogen (secondary N) is 1. The van der Waals surface area contributed by atoms with Gasteiger partial charge in [0, 0.05) is 25.0 Å². The van der Waals surface area contributed by atoms with E-state index in [9.17, 15) is 4.79 Å². The fourth-order valence-electron chi connectivity index (χ4n) is 3.75. The van der Waals surface area contributed by atoms with Crippen molar-refractivity contribution in [1.82, 2.24) is 10.2 Å². The molecule has 0 aromatic heterocycles. The Kier molecular flexibility index (Phi) is 5.68. The van der Waals surface area contributed by atoms with Gasteiger partial charge in [-0.3, -0.25) is 4.79 Å². The smallest absolute Gasteiger partial charge is 0.225 e. The lowest BCUT2D eigenvalue weighted by Crippen LogP contribution is -2.48. The van der Waals surface area contributed by atoms with Crippen molar-refractivity contribution in [2.24, 2.45) is 11.8 Å². The monoisotopic (exact) mass is 266 g/mol. The van der Waals surface area contributed by atoms with Crippen molar-refractivity contribution in [3.05, 3.63) is 0 Å². The Balaban J connectivity index is 1.80. The number of hydrogen-bond acceptors (Lipinski definition) is 2. The highest BCUT2D eigenvalue weighted by Crippen LogP contribution is 2.29. The first-order valence-corrected chi connectivity index (χ1v) is 8.16. The maximum Gasteiger partial charge on any atom is 0.225 e. The molecule has 3 nitrogen and oxygen atoms in total. The minimum atomic E-state index is 0.221. The number of likely N-dealkylation sites (tertiary alicyclic amines) is 1. The summed E-state index contributed by atoms with van der Waals surface area (Å²) >= 11 is 0. The topological polar surface area (TPSA) is 32.3 Å². The van der Waals surface area contributed by atoms with Gasteiger partial charge < -0.3 is 10.2 Å². The summed E-state index contributed by atoms with van der Waals surface area (Å²) in [6.45, 7) is 4.01. The number of carbonyl (C=O) groups excluding carboxylic acids is 1. The molecule has 3 heteroatoms. The Hall–Kier alpha value is -0.570. The van der Waals surface area contributed by atoms with Crippen molar-refractivity contribution >= 4 is 5.91 Å². The molecule has 0 bridgehead atoms. The number of likely N-dealkylation sites (N-methyl/N-ethyl adjacent to an activating group) is 1. The molecule has 110 valence electrons. The van der Waals surface area contributed by atoms with Crippen molar-refractivity contribution < 1.29 is 4.79 Å². The lowest BCUT2D eigenvalue weighted by molar-refractivity contribution is -0.137. The van der Waals surface area contributed by atoms with Crippen LogP contribution in [0.3, 0.4) is 0 Å². The molecule has 1 aliphatic carbocycles. The second-order valence-electron chi connectivity index (χ2n) is 6.55. The van der Waals surface area contributed by atoms with Gasteiger partial charge in [-0.25, -0.2) is 0 Å². The fraction of sp³-hybridized carbons (Fsp3) is 0.938. The van der Waals surface area contributed by atoms with Crippen molar-refractivity contribution in [3.8, 4) is 0 Å². The van der Waals surface area contributed by atoms with Gasteiger partial charge in [0.1, 0.15) is 0 Å². The molecule has 2 atom stereocenters. The zero-order valence-electron chi connectivity index (χ0n) is 12.7. The maximum absolute atomic E-state index is 12.5. The molecule has 1 heterocycles. The number of rotatable bonds is 4. The Bertz CT molecular complexity index is 286. The van der Waals surface area contributed by atoms with Crippen LogP contribution >= 0.6 is 0 Å². The number of nitrogens with zero attached hydrogens (tertiary/aromatic N) is 1. The summed E-state index contributed by atoms with van der Waals surface area (Å²) in [5.41, 5.74) is 0. The van der Waals surface area contributed by atoms with E-state index in [1.165, 1.54) is 38.5 Å². The summed E-state index contributed by atoms with van der Waals surface area (Å²) in [6, 6.07) is 0.500. The van der Waals surface area contributed by atoms with Gasteiger partial charge in [0.15, 0.2) is 0 Å². The van der Waals surface area contributed by atoms with Crippen LogP contribution in [0.1, 0.15) is 58.3 Å². The molecule has 0 spiro atoms. The molecular weight excluding hydrogens is 236 g/mol. The third kappa shape index (κ3) is 4.20. The highest BCUT2D eigenvalue weighted by molar-refractivity contribution is 5.78. The van der Waals surface area contributed by atoms with E-state index in [2.05, 4.69) is 17.1 Å². The Labute approximate surface area is 118 Å². The SMILES string of the molecule is CNC1CCCN(C(=O)C(C)CC2CCCCC2)C1. The average molecular weight is 266 g/mol. The molecule has 0 aromatic rings. The van der Waals surface area contributed by atoms with E-state index in [0.717, 1.165) is 31.8 Å². The first kappa shape index (κ1) is 14.8.